The van der Waals surface area contributed by atoms with Crippen LogP contribution >= 0.6 is 0 Å². The Hall–Kier alpha value is -3.68. The summed E-state index contributed by atoms with van der Waals surface area (Å²) >= 11 is 0. The molecule has 0 heterocycles. The monoisotopic (exact) mass is 354 g/mol. The summed E-state index contributed by atoms with van der Waals surface area (Å²) in [5.41, 5.74) is 7.86. The summed E-state index contributed by atoms with van der Waals surface area (Å²) in [7, 11) is 0. The molecule has 0 amide bonds. The minimum atomic E-state index is -1.05. The lowest BCUT2D eigenvalue weighted by atomic mass is 10.1. The molecule has 0 atom stereocenters. The van der Waals surface area contributed by atoms with E-state index in [2.05, 4.69) is 21.1 Å². The second-order valence-corrected chi connectivity index (χ2v) is 5.49. The van der Waals surface area contributed by atoms with Crippen LogP contribution < -0.4 is 10.9 Å². The zero-order valence-corrected chi connectivity index (χ0v) is 14.2. The van der Waals surface area contributed by atoms with E-state index in [-0.39, 0.29) is 11.1 Å². The van der Waals surface area contributed by atoms with Crippen molar-refractivity contribution in [1.29, 1.82) is 0 Å². The van der Waals surface area contributed by atoms with Gasteiger partial charge >= 0.3 is 11.9 Å². The normalized spacial score (nSPS) is 11.0. The van der Waals surface area contributed by atoms with Gasteiger partial charge in [0, 0.05) is 0 Å². The number of anilines is 2. The molecule has 8 nitrogen and oxygen atoms in total. The molecule has 0 unspecified atom stereocenters. The molecule has 134 valence electrons. The average Bonchev–Trinajstić information content (AvgIpc) is 2.59. The number of carbonyl (C=O) groups is 2. The van der Waals surface area contributed by atoms with Crippen molar-refractivity contribution in [3.05, 3.63) is 58.7 Å². The predicted octanol–water partition coefficient (Wildman–Crippen LogP) is 3.20. The van der Waals surface area contributed by atoms with Crippen LogP contribution in [0.4, 0.5) is 11.4 Å². The van der Waals surface area contributed by atoms with E-state index in [9.17, 15) is 19.8 Å². The maximum atomic E-state index is 11.2. The Bertz CT molecular complexity index is 817. The van der Waals surface area contributed by atoms with Crippen LogP contribution in [-0.2, 0) is 0 Å². The molecule has 2 aromatic rings. The molecule has 4 N–H and O–H groups in total. The van der Waals surface area contributed by atoms with E-state index in [1.165, 1.54) is 12.4 Å². The van der Waals surface area contributed by atoms with Crippen LogP contribution in [-0.4, -0.2) is 34.6 Å². The van der Waals surface area contributed by atoms with Gasteiger partial charge in [0.1, 0.15) is 0 Å². The van der Waals surface area contributed by atoms with Crippen LogP contribution in [0, 0.1) is 13.8 Å². The topological polar surface area (TPSA) is 123 Å². The first kappa shape index (κ1) is 18.7. The van der Waals surface area contributed by atoms with Gasteiger partial charge in [0.05, 0.1) is 34.9 Å². The molecular formula is C18H18N4O4. The Kier molecular flexibility index (Phi) is 6.05. The van der Waals surface area contributed by atoms with E-state index in [0.717, 1.165) is 11.1 Å². The summed E-state index contributed by atoms with van der Waals surface area (Å²) in [6, 6.07) is 9.87. The maximum Gasteiger partial charge on any atom is 0.337 e. The average molecular weight is 354 g/mol. The molecule has 0 aliphatic rings. The van der Waals surface area contributed by atoms with Crippen LogP contribution in [0.25, 0.3) is 0 Å². The van der Waals surface area contributed by atoms with Crippen molar-refractivity contribution < 1.29 is 19.8 Å². The molecule has 0 aliphatic heterocycles. The van der Waals surface area contributed by atoms with E-state index in [1.54, 1.807) is 50.2 Å². The van der Waals surface area contributed by atoms with Crippen molar-refractivity contribution in [2.24, 2.45) is 10.2 Å². The second kappa shape index (κ2) is 8.43. The van der Waals surface area contributed by atoms with Gasteiger partial charge in [-0.1, -0.05) is 23.3 Å². The van der Waals surface area contributed by atoms with Crippen LogP contribution in [0.2, 0.25) is 0 Å². The lowest BCUT2D eigenvalue weighted by Gasteiger charge is -2.06. The SMILES string of the molecule is Cc1ccc(N/N=C\C=N\Nc2ccc(C)cc2C(=O)O)c(C(=O)O)c1. The number of hydrogen-bond donors (Lipinski definition) is 4. The summed E-state index contributed by atoms with van der Waals surface area (Å²) in [6.45, 7) is 3.60. The summed E-state index contributed by atoms with van der Waals surface area (Å²) in [4.78, 5) is 22.4. The van der Waals surface area contributed by atoms with Crippen LogP contribution in [0.5, 0.6) is 0 Å². The van der Waals surface area contributed by atoms with Crippen molar-refractivity contribution in [3.63, 3.8) is 0 Å². The number of nitrogens with one attached hydrogen (secondary N) is 2. The molecule has 0 fully saturated rings. The molecule has 0 aliphatic carbocycles. The minimum Gasteiger partial charge on any atom is -0.478 e. The molecule has 0 spiro atoms. The summed E-state index contributed by atoms with van der Waals surface area (Å²) in [5.74, 6) is -2.11. The van der Waals surface area contributed by atoms with Gasteiger partial charge < -0.3 is 10.2 Å². The second-order valence-electron chi connectivity index (χ2n) is 5.49. The van der Waals surface area contributed by atoms with Crippen molar-refractivity contribution in [2.75, 3.05) is 10.9 Å². The van der Waals surface area contributed by atoms with Crippen LogP contribution in [0.15, 0.2) is 46.6 Å². The molecule has 0 radical (unpaired) electrons. The number of carboxylic acids is 2. The van der Waals surface area contributed by atoms with Crippen LogP contribution in [0.1, 0.15) is 31.8 Å². The van der Waals surface area contributed by atoms with E-state index < -0.39 is 11.9 Å². The van der Waals surface area contributed by atoms with E-state index in [0.29, 0.717) is 11.4 Å². The number of carboxylic acid groups (broad SMARTS) is 2. The van der Waals surface area contributed by atoms with Crippen molar-refractivity contribution in [2.45, 2.75) is 13.8 Å². The molecule has 0 saturated heterocycles. The number of hydrogen-bond acceptors (Lipinski definition) is 6. The minimum absolute atomic E-state index is 0.114. The zero-order valence-electron chi connectivity index (χ0n) is 14.2. The van der Waals surface area contributed by atoms with Gasteiger partial charge in [-0.05, 0) is 38.1 Å². The summed E-state index contributed by atoms with van der Waals surface area (Å²) in [5, 5.41) is 26.1. The Labute approximate surface area is 149 Å². The number of benzene rings is 2. The summed E-state index contributed by atoms with van der Waals surface area (Å²) < 4.78 is 0. The zero-order chi connectivity index (χ0) is 19.1. The van der Waals surface area contributed by atoms with E-state index >= 15 is 0 Å². The van der Waals surface area contributed by atoms with Gasteiger partial charge in [-0.3, -0.25) is 10.9 Å². The molecule has 0 bridgehead atoms. The van der Waals surface area contributed by atoms with Crippen molar-refractivity contribution in [3.8, 4) is 0 Å². The molecule has 2 rings (SSSR count). The Balaban J connectivity index is 2.00. The van der Waals surface area contributed by atoms with Gasteiger partial charge in [0.15, 0.2) is 0 Å². The molecule has 8 heteroatoms. The van der Waals surface area contributed by atoms with Gasteiger partial charge in [0.25, 0.3) is 0 Å². The highest BCUT2D eigenvalue weighted by Gasteiger charge is 2.10. The maximum absolute atomic E-state index is 11.2. The Morgan fingerprint density at radius 2 is 1.19 bits per heavy atom. The number of aromatic carboxylic acids is 2. The molecule has 0 saturated carbocycles. The lowest BCUT2D eigenvalue weighted by molar-refractivity contribution is 0.0687. The van der Waals surface area contributed by atoms with Gasteiger partial charge in [-0.2, -0.15) is 10.2 Å². The molecule has 2 aromatic carbocycles. The quantitative estimate of drug-likeness (QED) is 0.447. The molecule has 26 heavy (non-hydrogen) atoms. The standard InChI is InChI=1S/C18H18N4O4/c1-11-3-5-15(13(9-11)17(23)24)21-19-7-8-20-22-16-6-4-12(2)10-14(16)18(25)26/h3-10,21-22H,1-2H3,(H,23,24)(H,25,26)/b19-7-,20-8+. The van der Waals surface area contributed by atoms with Crippen molar-refractivity contribution >= 4 is 35.7 Å². The van der Waals surface area contributed by atoms with Gasteiger partial charge in [0.2, 0.25) is 0 Å². The van der Waals surface area contributed by atoms with E-state index in [4.69, 9.17) is 0 Å². The predicted molar refractivity (Wildman–Crippen MR) is 101 cm³/mol. The fourth-order valence-electron chi connectivity index (χ4n) is 2.15. The third kappa shape index (κ3) is 4.91. The smallest absolute Gasteiger partial charge is 0.337 e. The number of nitrogens with zero attached hydrogens (tertiary/aromatic N) is 2. The van der Waals surface area contributed by atoms with Crippen LogP contribution in [0.3, 0.4) is 0 Å². The summed E-state index contributed by atoms with van der Waals surface area (Å²) in [6.07, 6.45) is 2.63. The fourth-order valence-corrected chi connectivity index (χ4v) is 2.15. The highest BCUT2D eigenvalue weighted by molar-refractivity contribution is 6.16. The third-order valence-electron chi connectivity index (χ3n) is 3.40. The van der Waals surface area contributed by atoms with E-state index in [1.807, 2.05) is 0 Å². The lowest BCUT2D eigenvalue weighted by Crippen LogP contribution is -2.04. The van der Waals surface area contributed by atoms with Crippen molar-refractivity contribution in [1.82, 2.24) is 0 Å². The van der Waals surface area contributed by atoms with Gasteiger partial charge in [-0.25, -0.2) is 9.59 Å². The first-order chi connectivity index (χ1) is 12.4. The third-order valence-corrected chi connectivity index (χ3v) is 3.40. The molecule has 0 aromatic heterocycles. The Morgan fingerprint density at radius 3 is 1.54 bits per heavy atom. The first-order valence-electron chi connectivity index (χ1n) is 7.63. The van der Waals surface area contributed by atoms with Gasteiger partial charge in [-0.15, -0.1) is 0 Å². The number of aryl methyl sites for hydroxylation is 2. The number of rotatable bonds is 7. The number of hydrazone groups is 2. The fraction of sp³-hybridized carbons (Fsp3) is 0.111. The first-order valence-corrected chi connectivity index (χ1v) is 7.63. The highest BCUT2D eigenvalue weighted by Crippen LogP contribution is 2.18. The highest BCUT2D eigenvalue weighted by atomic mass is 16.4. The Morgan fingerprint density at radius 1 is 0.808 bits per heavy atom. The molecular weight excluding hydrogens is 336 g/mol. The largest absolute Gasteiger partial charge is 0.478 e.